The Hall–Kier alpha value is -3.06. The van der Waals surface area contributed by atoms with Crippen molar-refractivity contribution in [2.24, 2.45) is 0 Å². The molecule has 0 spiro atoms. The Labute approximate surface area is 164 Å². The molecule has 1 aromatic carbocycles. The normalized spacial score (nSPS) is 12.1. The Morgan fingerprint density at radius 3 is 2.57 bits per heavy atom. The van der Waals surface area contributed by atoms with Crippen molar-refractivity contribution in [2.75, 3.05) is 26.7 Å². The summed E-state index contributed by atoms with van der Waals surface area (Å²) in [6, 6.07) is 13.3. The maximum Gasteiger partial charge on any atom is 0.275 e. The zero-order chi connectivity index (χ0) is 19.9. The van der Waals surface area contributed by atoms with Gasteiger partial charge in [-0.1, -0.05) is 32.0 Å². The van der Waals surface area contributed by atoms with E-state index in [1.807, 2.05) is 42.5 Å². The molecule has 0 saturated carbocycles. The van der Waals surface area contributed by atoms with Crippen molar-refractivity contribution < 1.29 is 13.9 Å². The van der Waals surface area contributed by atoms with Crippen molar-refractivity contribution in [3.63, 3.8) is 0 Å². The lowest BCUT2D eigenvalue weighted by Gasteiger charge is -2.28. The first kappa shape index (κ1) is 19.7. The lowest BCUT2D eigenvalue weighted by atomic mass is 10.2. The highest BCUT2D eigenvalue weighted by molar-refractivity contribution is 5.95. The molecule has 3 rings (SSSR count). The first-order valence-corrected chi connectivity index (χ1v) is 9.42. The lowest BCUT2D eigenvalue weighted by molar-refractivity contribution is 0.0921. The number of amides is 1. The molecule has 0 aliphatic rings. The molecule has 1 unspecified atom stereocenters. The monoisotopic (exact) mass is 382 g/mol. The van der Waals surface area contributed by atoms with Crippen LogP contribution in [0.2, 0.25) is 0 Å². The second kappa shape index (κ2) is 9.23. The SMILES string of the molecule is CCN(CC)C(CNC(=O)c1nn(-c2ccccc2)cc1OC)c1ccco1. The number of methoxy groups -OCH3 is 1. The van der Waals surface area contributed by atoms with Gasteiger partial charge in [-0.05, 0) is 37.4 Å². The summed E-state index contributed by atoms with van der Waals surface area (Å²) >= 11 is 0. The second-order valence-electron chi connectivity index (χ2n) is 6.29. The van der Waals surface area contributed by atoms with Crippen LogP contribution in [-0.4, -0.2) is 47.3 Å². The van der Waals surface area contributed by atoms with E-state index < -0.39 is 0 Å². The molecule has 1 N–H and O–H groups in total. The van der Waals surface area contributed by atoms with Gasteiger partial charge in [0.05, 0.1) is 31.3 Å². The van der Waals surface area contributed by atoms with Crippen LogP contribution in [0.1, 0.15) is 36.1 Å². The highest BCUT2D eigenvalue weighted by Crippen LogP contribution is 2.22. The minimum atomic E-state index is -0.282. The summed E-state index contributed by atoms with van der Waals surface area (Å²) in [6.45, 7) is 6.29. The van der Waals surface area contributed by atoms with Crippen molar-refractivity contribution in [1.29, 1.82) is 0 Å². The van der Waals surface area contributed by atoms with Crippen LogP contribution in [0.5, 0.6) is 5.75 Å². The van der Waals surface area contributed by atoms with Gasteiger partial charge in [-0.25, -0.2) is 4.68 Å². The molecular weight excluding hydrogens is 356 g/mol. The number of nitrogens with one attached hydrogen (secondary N) is 1. The highest BCUT2D eigenvalue weighted by atomic mass is 16.5. The fourth-order valence-corrected chi connectivity index (χ4v) is 3.21. The van der Waals surface area contributed by atoms with E-state index in [4.69, 9.17) is 9.15 Å². The van der Waals surface area contributed by atoms with Crippen molar-refractivity contribution in [3.8, 4) is 11.4 Å². The van der Waals surface area contributed by atoms with Gasteiger partial charge in [0.15, 0.2) is 11.4 Å². The Morgan fingerprint density at radius 2 is 1.96 bits per heavy atom. The summed E-state index contributed by atoms with van der Waals surface area (Å²) in [6.07, 6.45) is 3.36. The smallest absolute Gasteiger partial charge is 0.275 e. The number of benzene rings is 1. The van der Waals surface area contributed by atoms with Crippen LogP contribution in [0.15, 0.2) is 59.3 Å². The zero-order valence-corrected chi connectivity index (χ0v) is 16.5. The molecule has 0 radical (unpaired) electrons. The van der Waals surface area contributed by atoms with Gasteiger partial charge in [-0.3, -0.25) is 9.69 Å². The minimum absolute atomic E-state index is 0.0452. The molecule has 2 heterocycles. The molecule has 2 aromatic heterocycles. The number of hydrogen-bond donors (Lipinski definition) is 1. The Balaban J connectivity index is 1.77. The average Bonchev–Trinajstić information content (AvgIpc) is 3.41. The molecule has 148 valence electrons. The van der Waals surface area contributed by atoms with Crippen LogP contribution in [0.3, 0.4) is 0 Å². The first-order valence-electron chi connectivity index (χ1n) is 9.42. The van der Waals surface area contributed by atoms with Crippen molar-refractivity contribution in [1.82, 2.24) is 20.0 Å². The van der Waals surface area contributed by atoms with Gasteiger partial charge in [0.1, 0.15) is 5.76 Å². The highest BCUT2D eigenvalue weighted by Gasteiger charge is 2.24. The number of carbonyl (C=O) groups is 1. The number of carbonyl (C=O) groups excluding carboxylic acids is 1. The molecule has 1 amide bonds. The van der Waals surface area contributed by atoms with Crippen molar-refractivity contribution in [2.45, 2.75) is 19.9 Å². The second-order valence-corrected chi connectivity index (χ2v) is 6.29. The largest absolute Gasteiger partial charge is 0.493 e. The fraction of sp³-hybridized carbons (Fsp3) is 0.333. The maximum absolute atomic E-state index is 12.8. The number of para-hydroxylation sites is 1. The Bertz CT molecular complexity index is 870. The third kappa shape index (κ3) is 4.26. The van der Waals surface area contributed by atoms with E-state index in [2.05, 4.69) is 29.2 Å². The molecule has 28 heavy (non-hydrogen) atoms. The number of hydrogen-bond acceptors (Lipinski definition) is 5. The summed E-state index contributed by atoms with van der Waals surface area (Å²) in [5.74, 6) is 0.972. The summed E-state index contributed by atoms with van der Waals surface area (Å²) in [5, 5.41) is 7.40. The minimum Gasteiger partial charge on any atom is -0.493 e. The molecular formula is C21H26N4O3. The molecule has 0 fully saturated rings. The molecule has 7 nitrogen and oxygen atoms in total. The van der Waals surface area contributed by atoms with E-state index in [0.29, 0.717) is 12.3 Å². The molecule has 0 bridgehead atoms. The van der Waals surface area contributed by atoms with E-state index in [1.54, 1.807) is 17.1 Å². The number of rotatable bonds is 9. The zero-order valence-electron chi connectivity index (χ0n) is 16.5. The summed E-state index contributed by atoms with van der Waals surface area (Å²) in [7, 11) is 1.53. The standard InChI is InChI=1S/C21H26N4O3/c1-4-24(5-2)17(18-12-9-13-28-18)14-22-21(26)20-19(27-3)15-25(23-20)16-10-7-6-8-11-16/h6-13,15,17H,4-5,14H2,1-3H3,(H,22,26). The third-order valence-electron chi connectivity index (χ3n) is 4.72. The van der Waals surface area contributed by atoms with E-state index in [-0.39, 0.29) is 17.6 Å². The maximum atomic E-state index is 12.8. The summed E-state index contributed by atoms with van der Waals surface area (Å²) in [4.78, 5) is 15.1. The van der Waals surface area contributed by atoms with Gasteiger partial charge in [-0.15, -0.1) is 0 Å². The van der Waals surface area contributed by atoms with Gasteiger partial charge in [0, 0.05) is 6.54 Å². The average molecular weight is 382 g/mol. The Morgan fingerprint density at radius 1 is 1.21 bits per heavy atom. The van der Waals surface area contributed by atoms with Crippen LogP contribution < -0.4 is 10.1 Å². The molecule has 0 saturated heterocycles. The predicted molar refractivity (Wildman–Crippen MR) is 107 cm³/mol. The van der Waals surface area contributed by atoms with Gasteiger partial charge in [0.2, 0.25) is 0 Å². The van der Waals surface area contributed by atoms with E-state index >= 15 is 0 Å². The first-order chi connectivity index (χ1) is 13.7. The third-order valence-corrected chi connectivity index (χ3v) is 4.72. The molecule has 3 aromatic rings. The van der Waals surface area contributed by atoms with E-state index in [9.17, 15) is 4.79 Å². The predicted octanol–water partition coefficient (Wildman–Crippen LogP) is 3.29. The van der Waals surface area contributed by atoms with Crippen LogP contribution in [0.4, 0.5) is 0 Å². The number of nitrogens with zero attached hydrogens (tertiary/aromatic N) is 3. The van der Waals surface area contributed by atoms with Gasteiger partial charge in [-0.2, -0.15) is 5.10 Å². The molecule has 0 aliphatic carbocycles. The van der Waals surface area contributed by atoms with Crippen LogP contribution in [0.25, 0.3) is 5.69 Å². The number of ether oxygens (including phenoxy) is 1. The molecule has 7 heteroatoms. The van der Waals surface area contributed by atoms with Crippen LogP contribution >= 0.6 is 0 Å². The number of likely N-dealkylation sites (N-methyl/N-ethyl adjacent to an activating group) is 1. The molecule has 1 atom stereocenters. The topological polar surface area (TPSA) is 72.5 Å². The lowest BCUT2D eigenvalue weighted by Crippen LogP contribution is -2.38. The quantitative estimate of drug-likeness (QED) is 0.615. The van der Waals surface area contributed by atoms with Gasteiger partial charge < -0.3 is 14.5 Å². The summed E-state index contributed by atoms with van der Waals surface area (Å²) < 4.78 is 12.6. The van der Waals surface area contributed by atoms with Gasteiger partial charge >= 0.3 is 0 Å². The van der Waals surface area contributed by atoms with E-state index in [1.165, 1.54) is 7.11 Å². The Kier molecular flexibility index (Phi) is 6.49. The van der Waals surface area contributed by atoms with Crippen LogP contribution in [-0.2, 0) is 0 Å². The van der Waals surface area contributed by atoms with E-state index in [0.717, 1.165) is 24.5 Å². The number of aromatic nitrogens is 2. The van der Waals surface area contributed by atoms with Crippen molar-refractivity contribution >= 4 is 5.91 Å². The summed E-state index contributed by atoms with van der Waals surface area (Å²) in [5.41, 5.74) is 1.11. The van der Waals surface area contributed by atoms with Gasteiger partial charge in [0.25, 0.3) is 5.91 Å². The fourth-order valence-electron chi connectivity index (χ4n) is 3.21. The molecule has 0 aliphatic heterocycles. The van der Waals surface area contributed by atoms with Crippen molar-refractivity contribution in [3.05, 3.63) is 66.4 Å². The number of furan rings is 1. The van der Waals surface area contributed by atoms with Crippen LogP contribution in [0, 0.1) is 0 Å².